The highest BCUT2D eigenvalue weighted by Crippen LogP contribution is 2.50. The van der Waals surface area contributed by atoms with Gasteiger partial charge in [-0.1, -0.05) is 0 Å². The van der Waals surface area contributed by atoms with Crippen LogP contribution in [0.3, 0.4) is 0 Å². The normalized spacial score (nSPS) is 21.8. The zero-order valence-electron chi connectivity index (χ0n) is 36.2. The Labute approximate surface area is 362 Å². The third-order valence-corrected chi connectivity index (χ3v) is 13.5. The molecule has 1 aliphatic carbocycles. The fourth-order valence-electron chi connectivity index (χ4n) is 9.32. The van der Waals surface area contributed by atoms with Gasteiger partial charge < -0.3 is 33.5 Å². The number of carbonyl (C=O) groups excluding carboxylic acids is 2. The van der Waals surface area contributed by atoms with Gasteiger partial charge in [-0.25, -0.2) is 18.4 Å². The zero-order valence-corrected chi connectivity index (χ0v) is 37.0. The van der Waals surface area contributed by atoms with E-state index < -0.39 is 28.9 Å². The second-order valence-corrected chi connectivity index (χ2v) is 20.3. The first kappa shape index (κ1) is 42.3. The Hall–Kier alpha value is -4.96. The van der Waals surface area contributed by atoms with Gasteiger partial charge in [-0.2, -0.15) is 15.2 Å². The van der Waals surface area contributed by atoms with E-state index in [1.54, 1.807) is 32.8 Å². The van der Waals surface area contributed by atoms with E-state index in [2.05, 4.69) is 26.2 Å². The fourth-order valence-corrected chi connectivity index (χ4v) is 10.4. The van der Waals surface area contributed by atoms with Crippen LogP contribution in [-0.2, 0) is 32.2 Å². The molecule has 5 aliphatic rings. The molecular formula is C44H52F2N8O7S. The van der Waals surface area contributed by atoms with Gasteiger partial charge in [0.05, 0.1) is 54.0 Å². The number of thiophene rings is 1. The largest absolute Gasteiger partial charge is 0.463 e. The minimum atomic E-state index is -0.838. The lowest BCUT2D eigenvalue weighted by Gasteiger charge is -2.42. The van der Waals surface area contributed by atoms with E-state index in [9.17, 15) is 14.9 Å². The lowest BCUT2D eigenvalue weighted by Crippen LogP contribution is -2.56. The van der Waals surface area contributed by atoms with E-state index in [0.29, 0.717) is 54.7 Å². The van der Waals surface area contributed by atoms with Gasteiger partial charge in [0.2, 0.25) is 0 Å². The van der Waals surface area contributed by atoms with Crippen LogP contribution < -0.4 is 15.0 Å². The van der Waals surface area contributed by atoms with Gasteiger partial charge in [0.25, 0.3) is 0 Å². The molecule has 62 heavy (non-hydrogen) atoms. The summed E-state index contributed by atoms with van der Waals surface area (Å²) in [5.74, 6) is -0.993. The molecule has 1 N–H and O–H groups in total. The van der Waals surface area contributed by atoms with Crippen LogP contribution in [0.25, 0.3) is 32.2 Å². The second kappa shape index (κ2) is 15.7. The number of benzene rings is 1. The molecule has 3 atom stereocenters. The Morgan fingerprint density at radius 3 is 2.35 bits per heavy atom. The summed E-state index contributed by atoms with van der Waals surface area (Å²) >= 11 is 0.842. The van der Waals surface area contributed by atoms with Crippen LogP contribution in [0.1, 0.15) is 90.3 Å². The number of nitrogens with one attached hydrogen (secondary N) is 1. The average Bonchev–Trinajstić information content (AvgIpc) is 3.47. The number of ether oxygens (including phenoxy) is 5. The van der Waals surface area contributed by atoms with E-state index in [4.69, 9.17) is 33.7 Å². The summed E-state index contributed by atoms with van der Waals surface area (Å²) in [5.41, 5.74) is -0.548. The SMILES string of the molecule is COC[C@@H]1CCN1CC1(COc2nc(N3C4CCC3CN(C(=O)OC(C)(C)C)C4)c3c4c(c(-c5ncc(F)c6sc(NC(=O)OC(C)(C)C)c(C#N)c56)c(F)c3n2)COC4)CC1. The molecule has 15 nitrogen and oxygen atoms in total. The number of nitriles is 1. The van der Waals surface area contributed by atoms with Gasteiger partial charge in [-0.05, 0) is 84.8 Å². The van der Waals surface area contributed by atoms with E-state index in [0.717, 1.165) is 62.7 Å². The molecule has 0 radical (unpaired) electrons. The number of aromatic nitrogens is 3. The number of carbonyl (C=O) groups is 2. The van der Waals surface area contributed by atoms with Crippen molar-refractivity contribution in [3.63, 3.8) is 0 Å². The summed E-state index contributed by atoms with van der Waals surface area (Å²) in [6, 6.07) is 2.19. The maximum Gasteiger partial charge on any atom is 0.412 e. The predicted molar refractivity (Wildman–Crippen MR) is 227 cm³/mol. The number of halogens is 2. The van der Waals surface area contributed by atoms with Gasteiger partial charge >= 0.3 is 18.2 Å². The molecule has 7 heterocycles. The highest BCUT2D eigenvalue weighted by molar-refractivity contribution is 7.23. The average molecular weight is 875 g/mol. The van der Waals surface area contributed by atoms with E-state index in [1.165, 1.54) is 0 Å². The van der Waals surface area contributed by atoms with Gasteiger partial charge in [-0.3, -0.25) is 15.2 Å². The van der Waals surface area contributed by atoms with Crippen LogP contribution in [0.15, 0.2) is 6.20 Å². The van der Waals surface area contributed by atoms with Gasteiger partial charge in [0.15, 0.2) is 11.6 Å². The summed E-state index contributed by atoms with van der Waals surface area (Å²) in [6.45, 7) is 14.4. The molecule has 9 rings (SSSR count). The number of likely N-dealkylation sites (tertiary alicyclic amines) is 2. The van der Waals surface area contributed by atoms with E-state index >= 15 is 8.78 Å². The van der Waals surface area contributed by atoms with Crippen LogP contribution in [0.5, 0.6) is 6.01 Å². The number of pyridine rings is 1. The molecule has 4 aromatic rings. The maximum atomic E-state index is 18.0. The molecule has 2 amide bonds. The molecule has 4 aliphatic heterocycles. The molecule has 3 saturated heterocycles. The van der Waals surface area contributed by atoms with Crippen molar-refractivity contribution in [3.05, 3.63) is 34.5 Å². The molecule has 1 saturated carbocycles. The third kappa shape index (κ3) is 7.86. The van der Waals surface area contributed by atoms with Gasteiger partial charge in [0.1, 0.15) is 33.6 Å². The van der Waals surface area contributed by atoms with Crippen molar-refractivity contribution in [1.29, 1.82) is 5.26 Å². The molecular weight excluding hydrogens is 823 g/mol. The van der Waals surface area contributed by atoms with Crippen molar-refractivity contribution in [2.24, 2.45) is 5.41 Å². The van der Waals surface area contributed by atoms with Crippen LogP contribution in [0, 0.1) is 28.4 Å². The lowest BCUT2D eigenvalue weighted by molar-refractivity contribution is 0.00301. The van der Waals surface area contributed by atoms with Crippen molar-refractivity contribution < 1.29 is 42.1 Å². The summed E-state index contributed by atoms with van der Waals surface area (Å²) in [5, 5.41) is 13.6. The predicted octanol–water partition coefficient (Wildman–Crippen LogP) is 7.90. The fraction of sp³-hybridized carbons (Fsp3) is 0.591. The zero-order chi connectivity index (χ0) is 43.9. The first-order chi connectivity index (χ1) is 29.5. The number of nitrogens with zero attached hydrogens (tertiary/aromatic N) is 7. The molecule has 18 heteroatoms. The topological polar surface area (TPSA) is 165 Å². The molecule has 4 fully saturated rings. The van der Waals surface area contributed by atoms with Crippen LogP contribution in [0.4, 0.5) is 29.2 Å². The Balaban J connectivity index is 1.16. The van der Waals surface area contributed by atoms with E-state index in [1.807, 2.05) is 20.8 Å². The molecule has 2 unspecified atom stereocenters. The Morgan fingerprint density at radius 1 is 1.02 bits per heavy atom. The minimum absolute atomic E-state index is 0.00711. The van der Waals surface area contributed by atoms with Crippen molar-refractivity contribution in [2.45, 2.75) is 116 Å². The number of hydrogen-bond donors (Lipinski definition) is 1. The highest BCUT2D eigenvalue weighted by Gasteiger charge is 2.48. The molecule has 0 spiro atoms. The minimum Gasteiger partial charge on any atom is -0.463 e. The second-order valence-electron chi connectivity index (χ2n) is 19.2. The summed E-state index contributed by atoms with van der Waals surface area (Å²) in [6.07, 6.45) is 4.37. The monoisotopic (exact) mass is 874 g/mol. The van der Waals surface area contributed by atoms with Crippen molar-refractivity contribution in [1.82, 2.24) is 24.8 Å². The van der Waals surface area contributed by atoms with Crippen LogP contribution >= 0.6 is 11.3 Å². The quantitative estimate of drug-likeness (QED) is 0.164. The van der Waals surface area contributed by atoms with Crippen molar-refractivity contribution >= 4 is 55.3 Å². The lowest BCUT2D eigenvalue weighted by atomic mass is 9.93. The van der Waals surface area contributed by atoms with Crippen LogP contribution in [-0.4, -0.2) is 113 Å². The molecule has 3 aromatic heterocycles. The Morgan fingerprint density at radius 2 is 1.73 bits per heavy atom. The summed E-state index contributed by atoms with van der Waals surface area (Å²) in [7, 11) is 1.72. The smallest absolute Gasteiger partial charge is 0.412 e. The number of methoxy groups -OCH3 is 1. The number of amides is 2. The number of anilines is 2. The van der Waals surface area contributed by atoms with Crippen LogP contribution in [0.2, 0.25) is 0 Å². The van der Waals surface area contributed by atoms with Gasteiger partial charge in [-0.15, -0.1) is 11.3 Å². The summed E-state index contributed by atoms with van der Waals surface area (Å²) < 4.78 is 62.8. The number of rotatable bonds is 10. The maximum absolute atomic E-state index is 18.0. The number of piperazine rings is 1. The van der Waals surface area contributed by atoms with Crippen molar-refractivity contribution in [3.8, 4) is 23.3 Å². The third-order valence-electron chi connectivity index (χ3n) is 12.4. The first-order valence-electron chi connectivity index (χ1n) is 21.2. The Kier molecular flexibility index (Phi) is 10.7. The molecule has 1 aromatic carbocycles. The summed E-state index contributed by atoms with van der Waals surface area (Å²) in [4.78, 5) is 46.9. The van der Waals surface area contributed by atoms with Crippen molar-refractivity contribution in [2.75, 3.05) is 56.7 Å². The van der Waals surface area contributed by atoms with E-state index in [-0.39, 0.29) is 80.2 Å². The molecule has 2 bridgehead atoms. The molecule has 330 valence electrons. The first-order valence-corrected chi connectivity index (χ1v) is 22.0. The Bertz CT molecular complexity index is 2500. The number of fused-ring (bicyclic) bond motifs is 6. The standard InChI is InChI=1S/C44H52F2N8O7S/c1-42(2,3)60-40(55)51-38-26(14-47)31-34(48-15-29(45)36(31)62-38)30-27-19-58-20-28(27)32-35(33(30)46)49-39(59-22-44(11-12-44)21-52-13-10-25(52)18-57-7)50-37(32)54-23-8-9-24(54)17-53(16-23)41(56)61-43(4,5)6/h15,23-25H,8-13,16-22H2,1-7H3,(H,51,55)/t23?,24?,25-/m0/s1. The number of hydrogen-bond acceptors (Lipinski definition) is 14. The van der Waals surface area contributed by atoms with Gasteiger partial charge in [0, 0.05) is 67.8 Å². The highest BCUT2D eigenvalue weighted by atomic mass is 32.1.